The number of ether oxygens (including phenoxy) is 1. The zero-order chi connectivity index (χ0) is 15.4. The van der Waals surface area contributed by atoms with Gasteiger partial charge in [-0.2, -0.15) is 0 Å². The van der Waals surface area contributed by atoms with E-state index in [1.54, 1.807) is 13.0 Å². The number of hydrogen-bond acceptors (Lipinski definition) is 3. The Morgan fingerprint density at radius 3 is 2.86 bits per heavy atom. The van der Waals surface area contributed by atoms with Crippen LogP contribution in [0.2, 0.25) is 5.02 Å². The van der Waals surface area contributed by atoms with E-state index in [1.165, 1.54) is 4.90 Å². The summed E-state index contributed by atoms with van der Waals surface area (Å²) >= 11 is 6.09. The van der Waals surface area contributed by atoms with Crippen molar-refractivity contribution < 1.29 is 19.4 Å². The lowest BCUT2D eigenvalue weighted by atomic mass is 10.1. The number of morpholine rings is 1. The van der Waals surface area contributed by atoms with Gasteiger partial charge in [0.1, 0.15) is 0 Å². The summed E-state index contributed by atoms with van der Waals surface area (Å²) in [6.07, 6.45) is 0. The summed E-state index contributed by atoms with van der Waals surface area (Å²) in [5.41, 5.74) is 0.785. The van der Waals surface area contributed by atoms with Gasteiger partial charge < -0.3 is 20.1 Å². The number of benzene rings is 1. The molecule has 1 aliphatic rings. The molecule has 2 rings (SSSR count). The summed E-state index contributed by atoms with van der Waals surface area (Å²) in [5.74, 6) is -1.07. The summed E-state index contributed by atoms with van der Waals surface area (Å²) in [7, 11) is 0. The molecule has 1 saturated heterocycles. The van der Waals surface area contributed by atoms with Gasteiger partial charge in [-0.15, -0.1) is 0 Å². The first-order valence-electron chi connectivity index (χ1n) is 6.63. The van der Waals surface area contributed by atoms with Crippen molar-refractivity contribution >= 4 is 23.6 Å². The number of halogens is 1. The number of amides is 2. The van der Waals surface area contributed by atoms with Crippen molar-refractivity contribution in [1.29, 1.82) is 0 Å². The largest absolute Gasteiger partial charge is 0.480 e. The first-order valence-corrected chi connectivity index (χ1v) is 7.00. The molecule has 0 saturated carbocycles. The van der Waals surface area contributed by atoms with Crippen molar-refractivity contribution in [3.63, 3.8) is 0 Å². The second-order valence-corrected chi connectivity index (χ2v) is 5.22. The van der Waals surface area contributed by atoms with E-state index in [2.05, 4.69) is 5.32 Å². The molecule has 2 unspecified atom stereocenters. The zero-order valence-electron chi connectivity index (χ0n) is 11.6. The molecule has 2 amide bonds. The van der Waals surface area contributed by atoms with Crippen LogP contribution in [-0.2, 0) is 9.53 Å². The van der Waals surface area contributed by atoms with Crippen LogP contribution in [0.3, 0.4) is 0 Å². The number of nitrogens with zero attached hydrogens (tertiary/aromatic N) is 1. The Bertz CT molecular complexity index is 537. The number of carboxylic acids is 1. The molecule has 0 radical (unpaired) electrons. The van der Waals surface area contributed by atoms with Crippen molar-refractivity contribution in [2.45, 2.75) is 19.0 Å². The molecule has 0 spiro atoms. The smallest absolute Gasteiger partial charge is 0.328 e. The van der Waals surface area contributed by atoms with E-state index in [0.29, 0.717) is 11.6 Å². The van der Waals surface area contributed by atoms with Crippen LogP contribution in [0.4, 0.5) is 4.79 Å². The molecule has 1 fully saturated rings. The first kappa shape index (κ1) is 15.6. The third-order valence-corrected chi connectivity index (χ3v) is 3.73. The Morgan fingerprint density at radius 1 is 1.48 bits per heavy atom. The van der Waals surface area contributed by atoms with Crippen LogP contribution in [0, 0.1) is 0 Å². The first-order chi connectivity index (χ1) is 10.0. The SMILES string of the molecule is CC(NC(=O)N1CCOCC1C(=O)O)c1ccccc1Cl. The number of rotatable bonds is 3. The molecule has 2 N–H and O–H groups in total. The van der Waals surface area contributed by atoms with E-state index in [0.717, 1.165) is 5.56 Å². The van der Waals surface area contributed by atoms with Crippen LogP contribution in [0.15, 0.2) is 24.3 Å². The monoisotopic (exact) mass is 312 g/mol. The second kappa shape index (κ2) is 6.78. The molecule has 0 bridgehead atoms. The average Bonchev–Trinajstić information content (AvgIpc) is 2.47. The molecule has 6 nitrogen and oxygen atoms in total. The highest BCUT2D eigenvalue weighted by Crippen LogP contribution is 2.22. The molecular formula is C14H17ClN2O4. The van der Waals surface area contributed by atoms with Crippen LogP contribution < -0.4 is 5.32 Å². The van der Waals surface area contributed by atoms with Crippen molar-refractivity contribution in [3.8, 4) is 0 Å². The molecule has 21 heavy (non-hydrogen) atoms. The molecule has 0 aromatic heterocycles. The number of aliphatic carboxylic acids is 1. The van der Waals surface area contributed by atoms with Gasteiger partial charge in [0.15, 0.2) is 6.04 Å². The van der Waals surface area contributed by atoms with Gasteiger partial charge in [-0.1, -0.05) is 29.8 Å². The number of carbonyl (C=O) groups excluding carboxylic acids is 1. The number of urea groups is 1. The van der Waals surface area contributed by atoms with Crippen molar-refractivity contribution in [1.82, 2.24) is 10.2 Å². The fourth-order valence-electron chi connectivity index (χ4n) is 2.22. The standard InChI is InChI=1S/C14H17ClN2O4/c1-9(10-4-2-3-5-11(10)15)16-14(20)17-6-7-21-8-12(17)13(18)19/h2-5,9,12H,6-8H2,1H3,(H,16,20)(H,18,19). The van der Waals surface area contributed by atoms with Gasteiger partial charge in [0, 0.05) is 11.6 Å². The Kier molecular flexibility index (Phi) is 5.03. The molecule has 1 heterocycles. The van der Waals surface area contributed by atoms with Crippen LogP contribution in [-0.4, -0.2) is 47.8 Å². The van der Waals surface area contributed by atoms with E-state index in [-0.39, 0.29) is 19.2 Å². The summed E-state index contributed by atoms with van der Waals surface area (Å²) in [6, 6.07) is 5.50. The van der Waals surface area contributed by atoms with E-state index in [1.807, 2.05) is 18.2 Å². The Hall–Kier alpha value is -1.79. The second-order valence-electron chi connectivity index (χ2n) is 4.82. The minimum Gasteiger partial charge on any atom is -0.480 e. The average molecular weight is 313 g/mol. The van der Waals surface area contributed by atoms with Crippen molar-refractivity contribution in [3.05, 3.63) is 34.9 Å². The van der Waals surface area contributed by atoms with Gasteiger partial charge in [0.05, 0.1) is 19.3 Å². The highest BCUT2D eigenvalue weighted by Gasteiger charge is 2.33. The van der Waals surface area contributed by atoms with Gasteiger partial charge >= 0.3 is 12.0 Å². The van der Waals surface area contributed by atoms with Gasteiger partial charge in [-0.05, 0) is 18.6 Å². The minimum atomic E-state index is -1.07. The van der Waals surface area contributed by atoms with E-state index >= 15 is 0 Å². The van der Waals surface area contributed by atoms with Gasteiger partial charge in [-0.3, -0.25) is 0 Å². The molecule has 1 aliphatic heterocycles. The van der Waals surface area contributed by atoms with E-state index in [9.17, 15) is 9.59 Å². The quantitative estimate of drug-likeness (QED) is 0.893. The molecular weight excluding hydrogens is 296 g/mol. The van der Waals surface area contributed by atoms with Gasteiger partial charge in [-0.25, -0.2) is 9.59 Å². The van der Waals surface area contributed by atoms with Gasteiger partial charge in [0.2, 0.25) is 0 Å². The summed E-state index contributed by atoms with van der Waals surface area (Å²) < 4.78 is 5.11. The zero-order valence-corrected chi connectivity index (χ0v) is 12.3. The normalized spacial score (nSPS) is 19.9. The molecule has 0 aliphatic carbocycles. The van der Waals surface area contributed by atoms with Crippen LogP contribution in [0.25, 0.3) is 0 Å². The third-order valence-electron chi connectivity index (χ3n) is 3.39. The lowest BCUT2D eigenvalue weighted by Gasteiger charge is -2.33. The number of nitrogens with one attached hydrogen (secondary N) is 1. The highest BCUT2D eigenvalue weighted by molar-refractivity contribution is 6.31. The molecule has 1 aromatic rings. The van der Waals surface area contributed by atoms with E-state index < -0.39 is 18.0 Å². The number of hydrogen-bond donors (Lipinski definition) is 2. The summed E-state index contributed by atoms with van der Waals surface area (Å²) in [5, 5.41) is 12.5. The maximum absolute atomic E-state index is 12.3. The maximum Gasteiger partial charge on any atom is 0.328 e. The topological polar surface area (TPSA) is 78.9 Å². The lowest BCUT2D eigenvalue weighted by molar-refractivity contribution is -0.147. The predicted octanol–water partition coefficient (Wildman–Crippen LogP) is 1.90. The number of carbonyl (C=O) groups is 2. The van der Waals surface area contributed by atoms with Crippen LogP contribution in [0.1, 0.15) is 18.5 Å². The Labute approximate surface area is 127 Å². The number of carboxylic acid groups (broad SMARTS) is 1. The molecule has 114 valence electrons. The minimum absolute atomic E-state index is 0.00320. The third kappa shape index (κ3) is 3.65. The maximum atomic E-state index is 12.3. The molecule has 7 heteroatoms. The fraction of sp³-hybridized carbons (Fsp3) is 0.429. The predicted molar refractivity (Wildman–Crippen MR) is 77.3 cm³/mol. The molecule has 1 aromatic carbocycles. The van der Waals surface area contributed by atoms with Crippen LogP contribution in [0.5, 0.6) is 0 Å². The summed E-state index contributed by atoms with van der Waals surface area (Å²) in [4.78, 5) is 24.7. The van der Waals surface area contributed by atoms with Crippen molar-refractivity contribution in [2.75, 3.05) is 19.8 Å². The Morgan fingerprint density at radius 2 is 2.19 bits per heavy atom. The van der Waals surface area contributed by atoms with Crippen LogP contribution >= 0.6 is 11.6 Å². The Balaban J connectivity index is 2.06. The lowest BCUT2D eigenvalue weighted by Crippen LogP contribution is -2.55. The summed E-state index contributed by atoms with van der Waals surface area (Å²) in [6.45, 7) is 2.38. The molecule has 2 atom stereocenters. The fourth-order valence-corrected chi connectivity index (χ4v) is 2.52. The van der Waals surface area contributed by atoms with Crippen molar-refractivity contribution in [2.24, 2.45) is 0 Å². The van der Waals surface area contributed by atoms with Gasteiger partial charge in [0.25, 0.3) is 0 Å². The van der Waals surface area contributed by atoms with E-state index in [4.69, 9.17) is 21.4 Å². The highest BCUT2D eigenvalue weighted by atomic mass is 35.5.